The molecule has 0 aliphatic heterocycles. The second kappa shape index (κ2) is 17.6. The summed E-state index contributed by atoms with van der Waals surface area (Å²) in [6.45, 7) is 0. The fraction of sp³-hybridized carbons (Fsp3) is 0.120. The van der Waals surface area contributed by atoms with Crippen LogP contribution in [0.1, 0.15) is 27.8 Å². The van der Waals surface area contributed by atoms with E-state index in [0.29, 0.717) is 54.3 Å². The highest BCUT2D eigenvalue weighted by molar-refractivity contribution is 8.01. The molecule has 0 aliphatic rings. The predicted octanol–water partition coefficient (Wildman–Crippen LogP) is 12.8. The summed E-state index contributed by atoms with van der Waals surface area (Å²) in [6.07, 6.45) is -20.1. The summed E-state index contributed by atoms with van der Waals surface area (Å²) in [5.41, 5.74) is -3.11. The molecule has 0 spiro atoms. The summed E-state index contributed by atoms with van der Waals surface area (Å²) in [6, 6.07) is 42.3. The predicted molar refractivity (Wildman–Crippen MR) is 234 cm³/mol. The van der Waals surface area contributed by atoms with Crippen LogP contribution in [0.15, 0.2) is 187 Å². The van der Waals surface area contributed by atoms with Gasteiger partial charge in [0.15, 0.2) is 4.90 Å². The third-order valence-corrected chi connectivity index (χ3v) is 13.6. The van der Waals surface area contributed by atoms with Gasteiger partial charge in [-0.05, 0) is 39.7 Å². The summed E-state index contributed by atoms with van der Waals surface area (Å²) >= 11 is 0. The highest BCUT2D eigenvalue weighted by atomic mass is 32.2. The minimum Gasteiger partial charge on any atom is -0.195 e. The summed E-state index contributed by atoms with van der Waals surface area (Å²) in [4.78, 5) is 0.919. The van der Waals surface area contributed by atoms with Crippen molar-refractivity contribution in [1.82, 2.24) is 0 Å². The Kier molecular flexibility index (Phi) is 12.6. The van der Waals surface area contributed by atoms with E-state index in [1.54, 1.807) is 0 Å². The topological polar surface area (TPSA) is 17.1 Å². The van der Waals surface area contributed by atoms with Crippen molar-refractivity contribution in [1.29, 1.82) is 0 Å². The van der Waals surface area contributed by atoms with Gasteiger partial charge in [-0.2, -0.15) is 74.5 Å². The first-order chi connectivity index (χ1) is 30.5. The highest BCUT2D eigenvalue weighted by Gasteiger charge is 2.38. The van der Waals surface area contributed by atoms with Crippen molar-refractivity contribution in [2.24, 2.45) is 0 Å². The fourth-order valence-electron chi connectivity index (χ4n) is 8.33. The number of hydrogen-bond acceptors (Lipinski definition) is 1. The SMILES string of the molecule is C[S+](=O)(Cc1c2ccccc2cc2ccccc12)c1ccccc1.FC(F)(F)c1ccc([B-](c2ccc(C(F)(F)F)cc2)(c2ccc(C(F)(F)F)cc2)c2ccc(C(F)(F)F)cc2)cc1. The van der Waals surface area contributed by atoms with Crippen molar-refractivity contribution >= 4 is 59.5 Å². The monoisotopic (exact) mass is 922 g/mol. The summed E-state index contributed by atoms with van der Waals surface area (Å²) in [5.74, 6) is 0.554. The molecule has 0 saturated carbocycles. The maximum absolute atomic E-state index is 13.4. The molecule has 0 saturated heterocycles. The van der Waals surface area contributed by atoms with Crippen molar-refractivity contribution < 1.29 is 56.9 Å². The number of rotatable bonds is 7. The molecule has 0 radical (unpaired) electrons. The van der Waals surface area contributed by atoms with E-state index in [9.17, 15) is 56.9 Å². The van der Waals surface area contributed by atoms with E-state index in [4.69, 9.17) is 0 Å². The molecule has 0 aliphatic carbocycles. The van der Waals surface area contributed by atoms with Crippen LogP contribution in [0.25, 0.3) is 21.5 Å². The van der Waals surface area contributed by atoms with E-state index in [-0.39, 0.29) is 21.9 Å². The van der Waals surface area contributed by atoms with Gasteiger partial charge in [0.2, 0.25) is 0 Å². The van der Waals surface area contributed by atoms with Gasteiger partial charge in [0.25, 0.3) is 0 Å². The molecule has 65 heavy (non-hydrogen) atoms. The standard InChI is InChI=1S/C28H16BF12.C22H19OS/c30-25(31,32)17-1-9-21(10-2-17)29(22-11-3-18(4-12-22)26(33,34)35,23-13-5-19(6-14-23)27(36,37)38)24-15-7-20(8-16-24)28(39,40)41;1-24(23,19-11-3-2-4-12-19)16-22-20-13-7-5-9-17(20)15-18-10-6-8-14-21(18)22/h1-16H;2-15H,16H2,1H3/q-1;+1. The van der Waals surface area contributed by atoms with Gasteiger partial charge in [0, 0.05) is 5.56 Å². The summed E-state index contributed by atoms with van der Waals surface area (Å²) in [5, 5.41) is 4.80. The minimum absolute atomic E-state index is 0.0114. The second-order valence-electron chi connectivity index (χ2n) is 15.6. The first kappa shape index (κ1) is 46.6. The van der Waals surface area contributed by atoms with Gasteiger partial charge in [-0.15, -0.1) is 0 Å². The van der Waals surface area contributed by atoms with Crippen LogP contribution in [-0.4, -0.2) is 12.4 Å². The van der Waals surface area contributed by atoms with Crippen LogP contribution in [0.3, 0.4) is 0 Å². The van der Waals surface area contributed by atoms with E-state index < -0.39 is 63.0 Å². The quantitative estimate of drug-likeness (QED) is 0.0674. The Balaban J connectivity index is 0.000000221. The minimum atomic E-state index is -4.77. The Bertz CT molecular complexity index is 2670. The van der Waals surface area contributed by atoms with Gasteiger partial charge in [-0.1, -0.05) is 168 Å². The Morgan fingerprint density at radius 2 is 0.662 bits per heavy atom. The van der Waals surface area contributed by atoms with Crippen molar-refractivity contribution in [2.75, 3.05) is 6.26 Å². The highest BCUT2D eigenvalue weighted by Crippen LogP contribution is 2.35. The molecule has 0 heterocycles. The van der Waals surface area contributed by atoms with Crippen LogP contribution in [-0.2, 0) is 44.6 Å². The lowest BCUT2D eigenvalue weighted by atomic mass is 9.13. The maximum atomic E-state index is 13.4. The Morgan fingerprint density at radius 3 is 0.954 bits per heavy atom. The van der Waals surface area contributed by atoms with Gasteiger partial charge in [0.1, 0.15) is 28.1 Å². The Labute approximate surface area is 366 Å². The zero-order valence-corrected chi connectivity index (χ0v) is 34.8. The zero-order chi connectivity index (χ0) is 47.0. The maximum Gasteiger partial charge on any atom is 0.416 e. The van der Waals surface area contributed by atoms with Crippen molar-refractivity contribution in [3.05, 3.63) is 210 Å². The Morgan fingerprint density at radius 1 is 0.385 bits per heavy atom. The molecule has 1 nitrogen and oxygen atoms in total. The molecular weight excluding hydrogens is 887 g/mol. The molecule has 15 heteroatoms. The van der Waals surface area contributed by atoms with Crippen LogP contribution < -0.4 is 21.9 Å². The lowest BCUT2D eigenvalue weighted by Crippen LogP contribution is -2.74. The molecule has 0 aromatic heterocycles. The van der Waals surface area contributed by atoms with Crippen LogP contribution >= 0.6 is 0 Å². The number of alkyl halides is 12. The van der Waals surface area contributed by atoms with Gasteiger partial charge < -0.3 is 0 Å². The zero-order valence-electron chi connectivity index (χ0n) is 34.0. The number of hydrogen-bond donors (Lipinski definition) is 0. The lowest BCUT2D eigenvalue weighted by Gasteiger charge is -2.44. The first-order valence-corrected chi connectivity index (χ1v) is 21.9. The van der Waals surface area contributed by atoms with Gasteiger partial charge >= 0.3 is 24.7 Å². The normalized spacial score (nSPS) is 13.6. The second-order valence-corrected chi connectivity index (χ2v) is 18.4. The van der Waals surface area contributed by atoms with E-state index in [1.165, 1.54) is 27.1 Å². The summed E-state index contributed by atoms with van der Waals surface area (Å²) < 4.78 is 174. The molecular formula is C50H35BF12OS. The van der Waals surface area contributed by atoms with Gasteiger partial charge in [-0.25, -0.2) is 0 Å². The lowest BCUT2D eigenvalue weighted by molar-refractivity contribution is -0.138. The average molecular weight is 923 g/mol. The number of halogens is 12. The summed E-state index contributed by atoms with van der Waals surface area (Å²) in [7, 11) is -2.15. The third-order valence-electron chi connectivity index (χ3n) is 11.5. The average Bonchev–Trinajstić information content (AvgIpc) is 3.26. The molecule has 0 fully saturated rings. The van der Waals surface area contributed by atoms with Crippen molar-refractivity contribution in [3.63, 3.8) is 0 Å². The van der Waals surface area contributed by atoms with E-state index in [1.807, 2.05) is 36.6 Å². The fourth-order valence-corrected chi connectivity index (χ4v) is 10.1. The molecule has 0 N–H and O–H groups in total. The Hall–Kier alpha value is -6.35. The van der Waals surface area contributed by atoms with E-state index in [2.05, 4.69) is 54.6 Å². The largest absolute Gasteiger partial charge is 0.416 e. The van der Waals surface area contributed by atoms with Crippen molar-refractivity contribution in [2.45, 2.75) is 35.4 Å². The molecule has 8 aromatic carbocycles. The molecule has 8 rings (SSSR count). The van der Waals surface area contributed by atoms with Crippen LogP contribution in [0, 0.1) is 0 Å². The smallest absolute Gasteiger partial charge is 0.195 e. The van der Waals surface area contributed by atoms with Gasteiger partial charge in [0.05, 0.1) is 22.3 Å². The molecule has 0 bridgehead atoms. The van der Waals surface area contributed by atoms with E-state index in [0.717, 1.165) is 53.4 Å². The molecule has 334 valence electrons. The third kappa shape index (κ3) is 9.85. The van der Waals surface area contributed by atoms with E-state index >= 15 is 0 Å². The van der Waals surface area contributed by atoms with Crippen LogP contribution in [0.5, 0.6) is 0 Å². The molecule has 1 unspecified atom stereocenters. The molecule has 1 atom stereocenters. The van der Waals surface area contributed by atoms with Crippen LogP contribution in [0.2, 0.25) is 0 Å². The van der Waals surface area contributed by atoms with Crippen molar-refractivity contribution in [3.8, 4) is 0 Å². The molecule has 8 aromatic rings. The number of benzene rings is 8. The van der Waals surface area contributed by atoms with Crippen LogP contribution in [0.4, 0.5) is 52.7 Å². The number of fused-ring (bicyclic) bond motifs is 2. The molecule has 0 amide bonds. The van der Waals surface area contributed by atoms with Gasteiger partial charge in [-0.3, -0.25) is 0 Å². The first-order valence-electron chi connectivity index (χ1n) is 19.8.